The van der Waals surface area contributed by atoms with E-state index in [1.807, 2.05) is 18.2 Å². The second-order valence-electron chi connectivity index (χ2n) is 4.85. The number of nitrogens with zero attached hydrogens (tertiary/aromatic N) is 1. The molecular formula is C15H19NO2. The van der Waals surface area contributed by atoms with Gasteiger partial charge in [0.25, 0.3) is 0 Å². The van der Waals surface area contributed by atoms with E-state index in [1.54, 1.807) is 12.1 Å². The fourth-order valence-electron chi connectivity index (χ4n) is 2.41. The average Bonchev–Trinajstić information content (AvgIpc) is 2.40. The Morgan fingerprint density at radius 1 is 1.44 bits per heavy atom. The number of likely N-dealkylation sites (tertiary alicyclic amines) is 1. The Balaban J connectivity index is 1.95. The van der Waals surface area contributed by atoms with Gasteiger partial charge in [-0.15, -0.1) is 6.58 Å². The maximum absolute atomic E-state index is 10.9. The molecule has 0 bridgehead atoms. The maximum Gasteiger partial charge on any atom is 0.335 e. The Morgan fingerprint density at radius 2 is 2.17 bits per heavy atom. The fraction of sp³-hybridized carbons (Fsp3) is 0.400. The summed E-state index contributed by atoms with van der Waals surface area (Å²) in [7, 11) is 0. The van der Waals surface area contributed by atoms with Gasteiger partial charge < -0.3 is 5.11 Å². The summed E-state index contributed by atoms with van der Waals surface area (Å²) in [5.41, 5.74) is 1.44. The van der Waals surface area contributed by atoms with Crippen LogP contribution in [0.1, 0.15) is 28.8 Å². The van der Waals surface area contributed by atoms with E-state index in [0.717, 1.165) is 38.0 Å². The smallest absolute Gasteiger partial charge is 0.335 e. The molecule has 2 rings (SSSR count). The summed E-state index contributed by atoms with van der Waals surface area (Å²) in [6.07, 6.45) is 4.35. The second-order valence-corrected chi connectivity index (χ2v) is 4.85. The third-order valence-corrected chi connectivity index (χ3v) is 3.55. The first-order valence-electron chi connectivity index (χ1n) is 6.36. The zero-order chi connectivity index (χ0) is 13.0. The molecule has 3 heteroatoms. The van der Waals surface area contributed by atoms with Crippen LogP contribution < -0.4 is 0 Å². The number of benzene rings is 1. The normalized spacial score (nSPS) is 17.6. The molecule has 0 radical (unpaired) electrons. The van der Waals surface area contributed by atoms with Crippen LogP contribution in [0.15, 0.2) is 36.9 Å². The van der Waals surface area contributed by atoms with Gasteiger partial charge in [-0.05, 0) is 49.5 Å². The Labute approximate surface area is 108 Å². The van der Waals surface area contributed by atoms with Crippen LogP contribution in [0.3, 0.4) is 0 Å². The van der Waals surface area contributed by atoms with Crippen LogP contribution in [0.2, 0.25) is 0 Å². The maximum atomic E-state index is 10.9. The fourth-order valence-corrected chi connectivity index (χ4v) is 2.41. The van der Waals surface area contributed by atoms with Gasteiger partial charge in [0.05, 0.1) is 5.56 Å². The van der Waals surface area contributed by atoms with E-state index in [0.29, 0.717) is 11.5 Å². The van der Waals surface area contributed by atoms with Crippen molar-refractivity contribution in [1.82, 2.24) is 4.90 Å². The van der Waals surface area contributed by atoms with Gasteiger partial charge in [0.1, 0.15) is 0 Å². The quantitative estimate of drug-likeness (QED) is 0.829. The molecule has 0 spiro atoms. The van der Waals surface area contributed by atoms with E-state index in [2.05, 4.69) is 11.5 Å². The molecule has 1 saturated heterocycles. The molecule has 1 aromatic carbocycles. The lowest BCUT2D eigenvalue weighted by molar-refractivity contribution is 0.0696. The van der Waals surface area contributed by atoms with E-state index in [4.69, 9.17) is 5.11 Å². The molecule has 1 aliphatic rings. The summed E-state index contributed by atoms with van der Waals surface area (Å²) < 4.78 is 0. The van der Waals surface area contributed by atoms with Crippen molar-refractivity contribution in [3.8, 4) is 0 Å². The molecule has 0 aromatic heterocycles. The highest BCUT2D eigenvalue weighted by Gasteiger charge is 2.17. The molecule has 1 fully saturated rings. The number of hydrogen-bond donors (Lipinski definition) is 1. The summed E-state index contributed by atoms with van der Waals surface area (Å²) >= 11 is 0. The van der Waals surface area contributed by atoms with Crippen LogP contribution in [0.4, 0.5) is 0 Å². The lowest BCUT2D eigenvalue weighted by Gasteiger charge is -2.30. The molecule has 1 aromatic rings. The molecule has 1 N–H and O–H groups in total. The molecule has 1 aliphatic heterocycles. The molecule has 18 heavy (non-hydrogen) atoms. The van der Waals surface area contributed by atoms with Crippen molar-refractivity contribution in [2.75, 3.05) is 13.1 Å². The highest BCUT2D eigenvalue weighted by molar-refractivity contribution is 5.87. The number of carboxylic acid groups (broad SMARTS) is 1. The Kier molecular flexibility index (Phi) is 4.15. The van der Waals surface area contributed by atoms with Crippen LogP contribution >= 0.6 is 0 Å². The number of hydrogen-bond acceptors (Lipinski definition) is 2. The first-order chi connectivity index (χ1) is 8.69. The first kappa shape index (κ1) is 12.8. The van der Waals surface area contributed by atoms with Crippen LogP contribution in [-0.4, -0.2) is 29.1 Å². The van der Waals surface area contributed by atoms with Crippen LogP contribution in [0.25, 0.3) is 0 Å². The molecule has 3 nitrogen and oxygen atoms in total. The summed E-state index contributed by atoms with van der Waals surface area (Å²) in [6, 6.07) is 7.21. The van der Waals surface area contributed by atoms with Gasteiger partial charge >= 0.3 is 5.97 Å². The standard InChI is InChI=1S/C15H19NO2/c1-2-12-6-8-16(9-7-12)11-13-4-3-5-14(10-13)15(17)18/h2-5,10,12H,1,6-9,11H2,(H,17,18). The van der Waals surface area contributed by atoms with E-state index in [9.17, 15) is 4.79 Å². The summed E-state index contributed by atoms with van der Waals surface area (Å²) in [6.45, 7) is 6.81. The SMILES string of the molecule is C=CC1CCN(Cc2cccc(C(=O)O)c2)CC1. The lowest BCUT2D eigenvalue weighted by Crippen LogP contribution is -2.32. The predicted octanol–water partition coefficient (Wildman–Crippen LogP) is 2.78. The minimum absolute atomic E-state index is 0.369. The van der Waals surface area contributed by atoms with Crippen LogP contribution in [-0.2, 0) is 6.54 Å². The largest absolute Gasteiger partial charge is 0.478 e. The Hall–Kier alpha value is -1.61. The Bertz CT molecular complexity index is 434. The van der Waals surface area contributed by atoms with E-state index in [1.165, 1.54) is 0 Å². The van der Waals surface area contributed by atoms with Gasteiger partial charge in [-0.25, -0.2) is 4.79 Å². The van der Waals surface area contributed by atoms with Gasteiger partial charge in [0, 0.05) is 6.54 Å². The number of piperidine rings is 1. The van der Waals surface area contributed by atoms with Crippen LogP contribution in [0.5, 0.6) is 0 Å². The lowest BCUT2D eigenvalue weighted by atomic mass is 9.97. The van der Waals surface area contributed by atoms with E-state index < -0.39 is 5.97 Å². The Morgan fingerprint density at radius 3 is 2.78 bits per heavy atom. The average molecular weight is 245 g/mol. The summed E-state index contributed by atoms with van der Waals surface area (Å²) in [5.74, 6) is -0.214. The highest BCUT2D eigenvalue weighted by Crippen LogP contribution is 2.19. The van der Waals surface area contributed by atoms with Gasteiger partial charge in [-0.2, -0.15) is 0 Å². The number of allylic oxidation sites excluding steroid dienone is 1. The number of aromatic carboxylic acids is 1. The monoisotopic (exact) mass is 245 g/mol. The van der Waals surface area contributed by atoms with Crippen LogP contribution in [0, 0.1) is 5.92 Å². The van der Waals surface area contributed by atoms with Crippen molar-refractivity contribution < 1.29 is 9.90 Å². The first-order valence-corrected chi connectivity index (χ1v) is 6.36. The van der Waals surface area contributed by atoms with Crippen molar-refractivity contribution in [3.05, 3.63) is 48.0 Å². The number of carboxylic acids is 1. The topological polar surface area (TPSA) is 40.5 Å². The molecule has 0 aliphatic carbocycles. The molecular weight excluding hydrogens is 226 g/mol. The molecule has 0 saturated carbocycles. The van der Waals surface area contributed by atoms with E-state index in [-0.39, 0.29) is 0 Å². The second kappa shape index (κ2) is 5.83. The predicted molar refractivity (Wildman–Crippen MR) is 71.6 cm³/mol. The third kappa shape index (κ3) is 3.20. The third-order valence-electron chi connectivity index (χ3n) is 3.55. The molecule has 0 unspecified atom stereocenters. The zero-order valence-corrected chi connectivity index (χ0v) is 10.5. The van der Waals surface area contributed by atoms with Crippen molar-refractivity contribution in [3.63, 3.8) is 0 Å². The minimum atomic E-state index is -0.859. The number of carbonyl (C=O) groups is 1. The zero-order valence-electron chi connectivity index (χ0n) is 10.5. The molecule has 0 atom stereocenters. The van der Waals surface area contributed by atoms with Crippen molar-refractivity contribution in [2.45, 2.75) is 19.4 Å². The molecule has 0 amide bonds. The van der Waals surface area contributed by atoms with Crippen molar-refractivity contribution >= 4 is 5.97 Å². The van der Waals surface area contributed by atoms with Gasteiger partial charge in [-0.3, -0.25) is 4.90 Å². The van der Waals surface area contributed by atoms with Crippen molar-refractivity contribution in [2.24, 2.45) is 5.92 Å². The summed E-state index contributed by atoms with van der Waals surface area (Å²) in [4.78, 5) is 13.3. The van der Waals surface area contributed by atoms with E-state index >= 15 is 0 Å². The minimum Gasteiger partial charge on any atom is -0.478 e. The van der Waals surface area contributed by atoms with Gasteiger partial charge in [0.2, 0.25) is 0 Å². The van der Waals surface area contributed by atoms with Gasteiger partial charge in [0.15, 0.2) is 0 Å². The molecule has 96 valence electrons. The number of rotatable bonds is 4. The molecule has 1 heterocycles. The highest BCUT2D eigenvalue weighted by atomic mass is 16.4. The van der Waals surface area contributed by atoms with Crippen molar-refractivity contribution in [1.29, 1.82) is 0 Å². The summed E-state index contributed by atoms with van der Waals surface area (Å²) in [5, 5.41) is 8.96. The van der Waals surface area contributed by atoms with Gasteiger partial charge in [-0.1, -0.05) is 18.2 Å².